The van der Waals surface area contributed by atoms with E-state index in [9.17, 15) is 0 Å². The molecule has 374 valence electrons. The second kappa shape index (κ2) is 18.4. The molecule has 0 radical (unpaired) electrons. The highest BCUT2D eigenvalue weighted by Gasteiger charge is 2.49. The Morgan fingerprint density at radius 1 is 0.316 bits per heavy atom. The zero-order valence-corrected chi connectivity index (χ0v) is 44.0. The lowest BCUT2D eigenvalue weighted by atomic mass is 9.67. The third-order valence-corrected chi connectivity index (χ3v) is 16.9. The number of nitrogens with zero attached hydrogens (tertiary/aromatic N) is 2. The molecule has 0 spiro atoms. The molecule has 2 aliphatic rings. The van der Waals surface area contributed by atoms with Gasteiger partial charge in [0.05, 0.1) is 22.5 Å². The van der Waals surface area contributed by atoms with Crippen LogP contribution in [0.5, 0.6) is 0 Å². The van der Waals surface area contributed by atoms with Gasteiger partial charge in [-0.3, -0.25) is 0 Å². The van der Waals surface area contributed by atoms with Gasteiger partial charge in [-0.15, -0.1) is 0 Å². The van der Waals surface area contributed by atoms with Crippen LogP contribution in [0, 0.1) is 0 Å². The Bertz CT molecular complexity index is 4410. The lowest BCUT2D eigenvalue weighted by Crippen LogP contribution is -2.29. The Balaban J connectivity index is 1.06. The zero-order valence-electron chi connectivity index (χ0n) is 44.0. The van der Waals surface area contributed by atoms with Gasteiger partial charge in [0.25, 0.3) is 0 Å². The number of rotatable bonds is 10. The van der Waals surface area contributed by atoms with Crippen molar-refractivity contribution < 1.29 is 4.42 Å². The minimum Gasteiger partial charge on any atom is -0.454 e. The fourth-order valence-electron chi connectivity index (χ4n) is 13.4. The highest BCUT2D eigenvalue weighted by atomic mass is 16.3. The van der Waals surface area contributed by atoms with E-state index in [2.05, 4.69) is 315 Å². The molecular weight excluding hydrogens is 957 g/mol. The molecule has 0 amide bonds. The molecule has 1 heterocycles. The maximum absolute atomic E-state index is 7.33. The van der Waals surface area contributed by atoms with Crippen molar-refractivity contribution in [3.8, 4) is 44.5 Å². The van der Waals surface area contributed by atoms with Crippen molar-refractivity contribution in [3.05, 3.63) is 325 Å². The molecule has 79 heavy (non-hydrogen) atoms. The van der Waals surface area contributed by atoms with Crippen LogP contribution in [0.15, 0.2) is 296 Å². The third-order valence-electron chi connectivity index (χ3n) is 16.9. The average Bonchev–Trinajstić information content (AvgIpc) is 2.66. The normalized spacial score (nSPS) is 13.4. The smallest absolute Gasteiger partial charge is 0.160 e. The average molecular weight is 1010 g/mol. The van der Waals surface area contributed by atoms with Crippen LogP contribution in [-0.4, -0.2) is 0 Å². The van der Waals surface area contributed by atoms with Gasteiger partial charge in [-0.1, -0.05) is 244 Å². The first-order chi connectivity index (χ1) is 39.0. The Kier molecular flexibility index (Phi) is 10.8. The summed E-state index contributed by atoms with van der Waals surface area (Å²) in [5.41, 5.74) is 23.9. The van der Waals surface area contributed by atoms with Gasteiger partial charge in [0, 0.05) is 44.4 Å². The van der Waals surface area contributed by atoms with E-state index in [1.165, 1.54) is 55.6 Å². The topological polar surface area (TPSA) is 19.6 Å². The molecule has 3 nitrogen and oxygen atoms in total. The van der Waals surface area contributed by atoms with Crippen LogP contribution in [-0.2, 0) is 10.8 Å². The van der Waals surface area contributed by atoms with Gasteiger partial charge in [0.15, 0.2) is 5.58 Å². The van der Waals surface area contributed by atoms with Gasteiger partial charge < -0.3 is 14.2 Å². The summed E-state index contributed by atoms with van der Waals surface area (Å²) in [4.78, 5) is 4.94. The molecule has 0 bridgehead atoms. The number of hydrogen-bond donors (Lipinski definition) is 0. The molecule has 0 atom stereocenters. The van der Waals surface area contributed by atoms with Crippen LogP contribution in [0.25, 0.3) is 66.4 Å². The summed E-state index contributed by atoms with van der Waals surface area (Å²) < 4.78 is 7.33. The quantitative estimate of drug-likeness (QED) is 0.136. The summed E-state index contributed by atoms with van der Waals surface area (Å²) in [5, 5.41) is 2.17. The Morgan fingerprint density at radius 3 is 1.41 bits per heavy atom. The molecule has 12 aromatic carbocycles. The van der Waals surface area contributed by atoms with Gasteiger partial charge in [-0.25, -0.2) is 0 Å². The number of para-hydroxylation sites is 4. The molecule has 2 aliphatic carbocycles. The lowest BCUT2D eigenvalue weighted by molar-refractivity contribution is 0.660. The van der Waals surface area contributed by atoms with E-state index in [-0.39, 0.29) is 5.41 Å². The van der Waals surface area contributed by atoms with Crippen molar-refractivity contribution >= 4 is 56.1 Å². The molecule has 0 N–H and O–H groups in total. The molecule has 13 aromatic rings. The van der Waals surface area contributed by atoms with Crippen LogP contribution < -0.4 is 9.80 Å². The van der Waals surface area contributed by atoms with E-state index in [0.29, 0.717) is 0 Å². The van der Waals surface area contributed by atoms with Gasteiger partial charge >= 0.3 is 0 Å². The summed E-state index contributed by atoms with van der Waals surface area (Å²) in [6, 6.07) is 107. The standard InChI is InChI=1S/C76H54N2O/c1-75(2)64-40-22-18-38-60(64)61-46-44-56(48-65(61)75)77(68-41-23-19-36-58(68)51-26-8-3-9-27-51)57-45-47-62-66(49-57)76(53-30-12-5-13-31-53,54-32-14-6-15-33-54)67-50-70(74-73(72(62)67)63-39-21-25-43-71(63)79-74)78(55-34-16-7-17-35-55)69-42-24-20-37-59(69)52-28-10-4-11-29-52/h3-50H,1-2H3. The largest absolute Gasteiger partial charge is 0.454 e. The first-order valence-electron chi connectivity index (χ1n) is 27.4. The fraction of sp³-hybridized carbons (Fsp3) is 0.0526. The predicted octanol–water partition coefficient (Wildman–Crippen LogP) is 20.5. The van der Waals surface area contributed by atoms with E-state index in [0.717, 1.165) is 78.3 Å². The number of hydrogen-bond acceptors (Lipinski definition) is 3. The summed E-state index contributed by atoms with van der Waals surface area (Å²) >= 11 is 0. The van der Waals surface area contributed by atoms with Gasteiger partial charge in [0.2, 0.25) is 0 Å². The van der Waals surface area contributed by atoms with E-state index in [1.54, 1.807) is 0 Å². The Hall–Kier alpha value is -9.96. The highest BCUT2D eigenvalue weighted by molar-refractivity contribution is 6.20. The fourth-order valence-corrected chi connectivity index (χ4v) is 13.4. The molecular formula is C76H54N2O. The second-order valence-electron chi connectivity index (χ2n) is 21.5. The first-order valence-corrected chi connectivity index (χ1v) is 27.4. The van der Waals surface area contributed by atoms with Crippen LogP contribution >= 0.6 is 0 Å². The third kappa shape index (κ3) is 7.13. The minimum absolute atomic E-state index is 0.201. The molecule has 15 rings (SSSR count). The van der Waals surface area contributed by atoms with Gasteiger partial charge in [-0.2, -0.15) is 0 Å². The maximum atomic E-state index is 7.33. The van der Waals surface area contributed by atoms with E-state index >= 15 is 0 Å². The van der Waals surface area contributed by atoms with Crippen LogP contribution in [0.2, 0.25) is 0 Å². The zero-order chi connectivity index (χ0) is 52.7. The van der Waals surface area contributed by atoms with Crippen molar-refractivity contribution in [3.63, 3.8) is 0 Å². The van der Waals surface area contributed by atoms with E-state index in [1.807, 2.05) is 0 Å². The summed E-state index contributed by atoms with van der Waals surface area (Å²) in [6.07, 6.45) is 0. The first kappa shape index (κ1) is 46.4. The molecule has 0 fully saturated rings. The van der Waals surface area contributed by atoms with E-state index < -0.39 is 5.41 Å². The minimum atomic E-state index is -0.808. The van der Waals surface area contributed by atoms with Crippen molar-refractivity contribution in [1.82, 2.24) is 0 Å². The lowest BCUT2D eigenvalue weighted by Gasteiger charge is -2.36. The second-order valence-corrected chi connectivity index (χ2v) is 21.5. The summed E-state index contributed by atoms with van der Waals surface area (Å²) in [5.74, 6) is 0. The van der Waals surface area contributed by atoms with Crippen LogP contribution in [0.3, 0.4) is 0 Å². The van der Waals surface area contributed by atoms with Crippen LogP contribution in [0.1, 0.15) is 47.2 Å². The number of furan rings is 1. The van der Waals surface area contributed by atoms with Gasteiger partial charge in [0.1, 0.15) is 5.58 Å². The SMILES string of the molecule is CC1(C)c2ccccc2-c2ccc(N(c3ccc4c(c3)C(c3ccccc3)(c3ccccc3)c3cc(N(c5ccccc5)c5ccccc5-c5ccccc5)c5oc6ccccc6c5c3-4)c3ccccc3-c3ccccc3)cc21. The summed E-state index contributed by atoms with van der Waals surface area (Å²) in [7, 11) is 0. The molecule has 0 unspecified atom stereocenters. The Morgan fingerprint density at radius 2 is 0.785 bits per heavy atom. The predicted molar refractivity (Wildman–Crippen MR) is 329 cm³/mol. The number of fused-ring (bicyclic) bond motifs is 10. The van der Waals surface area contributed by atoms with Crippen LogP contribution in [0.4, 0.5) is 34.1 Å². The number of benzene rings is 12. The van der Waals surface area contributed by atoms with Crippen molar-refractivity contribution in [2.45, 2.75) is 24.7 Å². The molecule has 0 saturated heterocycles. The monoisotopic (exact) mass is 1010 g/mol. The maximum Gasteiger partial charge on any atom is 0.160 e. The Labute approximate surface area is 461 Å². The molecule has 0 aliphatic heterocycles. The summed E-state index contributed by atoms with van der Waals surface area (Å²) in [6.45, 7) is 4.75. The molecule has 1 aromatic heterocycles. The molecule has 3 heteroatoms. The molecule has 0 saturated carbocycles. The van der Waals surface area contributed by atoms with Crippen molar-refractivity contribution in [2.75, 3.05) is 9.80 Å². The highest BCUT2D eigenvalue weighted by Crippen LogP contribution is 2.62. The number of anilines is 6. The van der Waals surface area contributed by atoms with Gasteiger partial charge in [-0.05, 0) is 127 Å². The van der Waals surface area contributed by atoms with E-state index in [4.69, 9.17) is 4.42 Å². The van der Waals surface area contributed by atoms with Crippen molar-refractivity contribution in [1.29, 1.82) is 0 Å². The van der Waals surface area contributed by atoms with Crippen molar-refractivity contribution in [2.24, 2.45) is 0 Å².